The van der Waals surface area contributed by atoms with Crippen LogP contribution in [0.3, 0.4) is 0 Å². The molecule has 2 nitrogen and oxygen atoms in total. The zero-order valence-corrected chi connectivity index (χ0v) is 10.6. The molecule has 0 aliphatic carbocycles. The number of halogens is 4. The standard InChI is InChI=1S/C13H7F3O2.CH3F/c1-17-9-5-3-7-6-2-4-8(14)10(15)12(6)18-13(7)11(9)16;1-2/h2-5H,1H3;1H3. The van der Waals surface area contributed by atoms with E-state index in [2.05, 4.69) is 0 Å². The van der Waals surface area contributed by atoms with E-state index in [4.69, 9.17) is 9.15 Å². The Kier molecular flexibility index (Phi) is 3.83. The van der Waals surface area contributed by atoms with Crippen molar-refractivity contribution in [2.24, 2.45) is 0 Å². The van der Waals surface area contributed by atoms with Crippen LogP contribution in [0.15, 0.2) is 28.7 Å². The van der Waals surface area contributed by atoms with Gasteiger partial charge in [0.25, 0.3) is 0 Å². The monoisotopic (exact) mass is 286 g/mol. The molecule has 1 aromatic heterocycles. The van der Waals surface area contributed by atoms with Crippen LogP contribution in [0.4, 0.5) is 17.6 Å². The quantitative estimate of drug-likeness (QED) is 0.610. The van der Waals surface area contributed by atoms with Gasteiger partial charge >= 0.3 is 0 Å². The van der Waals surface area contributed by atoms with Crippen molar-refractivity contribution in [3.63, 3.8) is 0 Å². The average Bonchev–Trinajstić information content (AvgIpc) is 2.86. The largest absolute Gasteiger partial charge is 0.494 e. The van der Waals surface area contributed by atoms with Crippen molar-refractivity contribution in [3.8, 4) is 5.75 Å². The van der Waals surface area contributed by atoms with Crippen LogP contribution in [0.25, 0.3) is 21.9 Å². The molecule has 0 saturated carbocycles. The lowest BCUT2D eigenvalue weighted by Crippen LogP contribution is -1.87. The molecule has 3 aromatic rings. The highest BCUT2D eigenvalue weighted by atomic mass is 19.2. The first kappa shape index (κ1) is 14.2. The van der Waals surface area contributed by atoms with Gasteiger partial charge in [-0.05, 0) is 24.3 Å². The predicted molar refractivity (Wildman–Crippen MR) is 67.2 cm³/mol. The molecule has 0 fully saturated rings. The van der Waals surface area contributed by atoms with Crippen molar-refractivity contribution in [2.45, 2.75) is 0 Å². The summed E-state index contributed by atoms with van der Waals surface area (Å²) >= 11 is 0. The summed E-state index contributed by atoms with van der Waals surface area (Å²) in [4.78, 5) is 0. The van der Waals surface area contributed by atoms with Gasteiger partial charge in [-0.2, -0.15) is 8.78 Å². The maximum Gasteiger partial charge on any atom is 0.208 e. The van der Waals surface area contributed by atoms with Crippen LogP contribution < -0.4 is 4.74 Å². The van der Waals surface area contributed by atoms with Crippen molar-refractivity contribution in [3.05, 3.63) is 41.7 Å². The number of ether oxygens (including phenoxy) is 1. The zero-order valence-electron chi connectivity index (χ0n) is 10.6. The Morgan fingerprint density at radius 3 is 2.00 bits per heavy atom. The summed E-state index contributed by atoms with van der Waals surface area (Å²) in [6.45, 7) is 0. The molecule has 1 heterocycles. The molecule has 106 valence electrons. The van der Waals surface area contributed by atoms with Crippen LogP contribution in [-0.4, -0.2) is 14.3 Å². The molecular weight excluding hydrogens is 276 g/mol. The molecule has 6 heteroatoms. The second-order valence-electron chi connectivity index (χ2n) is 3.80. The number of benzene rings is 2. The van der Waals surface area contributed by atoms with E-state index < -0.39 is 17.5 Å². The molecule has 20 heavy (non-hydrogen) atoms. The van der Waals surface area contributed by atoms with E-state index in [1.165, 1.54) is 19.2 Å². The van der Waals surface area contributed by atoms with Crippen LogP contribution in [0.1, 0.15) is 0 Å². The minimum atomic E-state index is -1.12. The number of fused-ring (bicyclic) bond motifs is 3. The van der Waals surface area contributed by atoms with Gasteiger partial charge < -0.3 is 9.15 Å². The van der Waals surface area contributed by atoms with Gasteiger partial charge in [-0.3, -0.25) is 4.39 Å². The third-order valence-corrected chi connectivity index (χ3v) is 2.83. The molecule has 0 unspecified atom stereocenters. The minimum Gasteiger partial charge on any atom is -0.494 e. The number of hydrogen-bond acceptors (Lipinski definition) is 2. The third kappa shape index (κ3) is 1.97. The van der Waals surface area contributed by atoms with Crippen molar-refractivity contribution in [1.29, 1.82) is 0 Å². The molecule has 0 aliphatic heterocycles. The second-order valence-corrected chi connectivity index (χ2v) is 3.80. The molecule has 0 amide bonds. The van der Waals surface area contributed by atoms with Gasteiger partial charge in [0.15, 0.2) is 22.7 Å². The molecule has 0 N–H and O–H groups in total. The van der Waals surface area contributed by atoms with E-state index in [9.17, 15) is 17.6 Å². The summed E-state index contributed by atoms with van der Waals surface area (Å²) < 4.78 is 59.9. The highest BCUT2D eigenvalue weighted by molar-refractivity contribution is 6.05. The number of hydrogen-bond donors (Lipinski definition) is 0. The van der Waals surface area contributed by atoms with E-state index in [-0.39, 0.29) is 16.9 Å². The van der Waals surface area contributed by atoms with Crippen molar-refractivity contribution < 1.29 is 26.7 Å². The summed E-state index contributed by atoms with van der Waals surface area (Å²) in [6.07, 6.45) is 0. The number of methoxy groups -OCH3 is 1. The first-order valence-corrected chi connectivity index (χ1v) is 5.54. The van der Waals surface area contributed by atoms with Crippen molar-refractivity contribution >= 4 is 21.9 Å². The molecule has 0 saturated heterocycles. The molecular formula is C14H10F4O2. The summed E-state index contributed by atoms with van der Waals surface area (Å²) in [5.41, 5.74) is -0.439. The Hall–Kier alpha value is -2.24. The average molecular weight is 286 g/mol. The molecule has 0 aliphatic rings. The summed E-state index contributed by atoms with van der Waals surface area (Å²) in [5, 5.41) is 0.702. The van der Waals surface area contributed by atoms with Gasteiger partial charge in [-0.1, -0.05) is 0 Å². The van der Waals surface area contributed by atoms with Gasteiger partial charge in [-0.25, -0.2) is 4.39 Å². The maximum absolute atomic E-state index is 13.9. The van der Waals surface area contributed by atoms with Crippen LogP contribution in [0.5, 0.6) is 5.75 Å². The minimum absolute atomic E-state index is 0.0116. The topological polar surface area (TPSA) is 22.4 Å². The van der Waals surface area contributed by atoms with E-state index in [0.717, 1.165) is 6.07 Å². The van der Waals surface area contributed by atoms with Gasteiger partial charge in [-0.15, -0.1) is 0 Å². The van der Waals surface area contributed by atoms with Gasteiger partial charge in [0, 0.05) is 10.8 Å². The summed E-state index contributed by atoms with van der Waals surface area (Å²) in [6, 6.07) is 5.29. The lowest BCUT2D eigenvalue weighted by molar-refractivity contribution is 0.385. The second kappa shape index (κ2) is 5.40. The van der Waals surface area contributed by atoms with E-state index in [1.54, 1.807) is 6.07 Å². The molecule has 3 rings (SSSR count). The van der Waals surface area contributed by atoms with Crippen LogP contribution in [0.2, 0.25) is 0 Å². The SMILES string of the molecule is CF.COc1ccc2c(oc3c(F)c(F)ccc32)c1F. The maximum atomic E-state index is 13.9. The van der Waals surface area contributed by atoms with Crippen LogP contribution in [-0.2, 0) is 0 Å². The van der Waals surface area contributed by atoms with E-state index >= 15 is 0 Å². The highest BCUT2D eigenvalue weighted by Crippen LogP contribution is 2.35. The van der Waals surface area contributed by atoms with Crippen molar-refractivity contribution in [1.82, 2.24) is 0 Å². The fourth-order valence-corrected chi connectivity index (χ4v) is 1.95. The molecule has 0 spiro atoms. The van der Waals surface area contributed by atoms with Gasteiger partial charge in [0.05, 0.1) is 14.3 Å². The van der Waals surface area contributed by atoms with E-state index in [1.807, 2.05) is 0 Å². The Labute approximate surface area is 111 Å². The van der Waals surface area contributed by atoms with Gasteiger partial charge in [0.2, 0.25) is 11.6 Å². The first-order chi connectivity index (χ1) is 9.63. The molecule has 0 atom stereocenters. The lowest BCUT2D eigenvalue weighted by Gasteiger charge is -2.00. The number of alkyl halides is 1. The smallest absolute Gasteiger partial charge is 0.208 e. The van der Waals surface area contributed by atoms with E-state index in [0.29, 0.717) is 17.9 Å². The van der Waals surface area contributed by atoms with Crippen LogP contribution in [0, 0.1) is 17.5 Å². The summed E-state index contributed by atoms with van der Waals surface area (Å²) in [5.74, 6) is -2.90. The van der Waals surface area contributed by atoms with Crippen molar-refractivity contribution in [2.75, 3.05) is 14.3 Å². The Morgan fingerprint density at radius 2 is 1.40 bits per heavy atom. The Bertz CT molecular complexity index is 765. The first-order valence-electron chi connectivity index (χ1n) is 5.54. The number of furan rings is 1. The molecule has 0 bridgehead atoms. The highest BCUT2D eigenvalue weighted by Gasteiger charge is 2.18. The van der Waals surface area contributed by atoms with Crippen LogP contribution >= 0.6 is 0 Å². The fourth-order valence-electron chi connectivity index (χ4n) is 1.95. The zero-order chi connectivity index (χ0) is 14.9. The fraction of sp³-hybridized carbons (Fsp3) is 0.143. The molecule has 2 aromatic carbocycles. The van der Waals surface area contributed by atoms with Gasteiger partial charge in [0.1, 0.15) is 0 Å². The Morgan fingerprint density at radius 1 is 0.850 bits per heavy atom. The lowest BCUT2D eigenvalue weighted by atomic mass is 10.1. The molecule has 0 radical (unpaired) electrons. The third-order valence-electron chi connectivity index (χ3n) is 2.83. The number of rotatable bonds is 1. The predicted octanol–water partition coefficient (Wildman–Crippen LogP) is 4.60. The summed E-state index contributed by atoms with van der Waals surface area (Å²) in [7, 11) is 1.81. The Balaban J connectivity index is 0.000000704. The normalized spacial score (nSPS) is 10.5.